The molecule has 0 aliphatic carbocycles. The van der Waals surface area contributed by atoms with Gasteiger partial charge < -0.3 is 11.1 Å². The molecular weight excluding hydrogens is 283 g/mol. The van der Waals surface area contributed by atoms with Crippen molar-refractivity contribution in [2.75, 3.05) is 13.1 Å². The number of halogens is 2. The van der Waals surface area contributed by atoms with Crippen LogP contribution in [0, 0.1) is 5.92 Å². The summed E-state index contributed by atoms with van der Waals surface area (Å²) in [5, 5.41) is 3.96. The number of hydrogen-bond donors (Lipinski definition) is 2. The summed E-state index contributed by atoms with van der Waals surface area (Å²) in [5.41, 5.74) is 6.27. The van der Waals surface area contributed by atoms with Crippen LogP contribution in [0.1, 0.15) is 26.3 Å². The number of benzene rings is 1. The van der Waals surface area contributed by atoms with Crippen molar-refractivity contribution >= 4 is 29.1 Å². The zero-order valence-electron chi connectivity index (χ0n) is 11.5. The number of hydrogen-bond acceptors (Lipinski definition) is 2. The summed E-state index contributed by atoms with van der Waals surface area (Å²) >= 11 is 11.9. The Balaban J connectivity index is 2.75. The minimum Gasteiger partial charge on any atom is -0.355 e. The fourth-order valence-corrected chi connectivity index (χ4v) is 1.91. The number of carbonyl (C=O) groups excluding carboxylic acids is 1. The Hall–Kier alpha value is -0.770. The maximum atomic E-state index is 11.7. The van der Waals surface area contributed by atoms with E-state index in [1.54, 1.807) is 6.07 Å². The summed E-state index contributed by atoms with van der Waals surface area (Å²) in [6, 6.07) is 5.53. The van der Waals surface area contributed by atoms with E-state index in [1.165, 1.54) is 0 Å². The van der Waals surface area contributed by atoms with Gasteiger partial charge in [0.25, 0.3) is 0 Å². The lowest BCUT2D eigenvalue weighted by atomic mass is 9.84. The van der Waals surface area contributed by atoms with Gasteiger partial charge in [-0.25, -0.2) is 0 Å². The molecule has 3 nitrogen and oxygen atoms in total. The van der Waals surface area contributed by atoms with Crippen molar-refractivity contribution in [2.45, 2.75) is 26.2 Å². The Kier molecular flexibility index (Phi) is 5.65. The molecule has 0 aromatic heterocycles. The molecule has 1 rings (SSSR count). The van der Waals surface area contributed by atoms with Crippen LogP contribution >= 0.6 is 23.2 Å². The Bertz CT molecular complexity index is 461. The van der Waals surface area contributed by atoms with Crippen molar-refractivity contribution in [1.29, 1.82) is 0 Å². The first kappa shape index (κ1) is 16.3. The lowest BCUT2D eigenvalue weighted by Gasteiger charge is -2.26. The highest BCUT2D eigenvalue weighted by atomic mass is 35.5. The standard InChI is InChI=1S/C14H20Cl2N2O/c1-9(7-17)13(19)18-8-14(2,3)10-4-5-11(15)12(16)6-10/h4-6,9H,7-8,17H2,1-3H3,(H,18,19). The first-order chi connectivity index (χ1) is 8.77. The molecule has 1 amide bonds. The largest absolute Gasteiger partial charge is 0.355 e. The molecule has 1 aromatic carbocycles. The summed E-state index contributed by atoms with van der Waals surface area (Å²) in [7, 11) is 0. The third kappa shape index (κ3) is 4.37. The molecule has 0 heterocycles. The number of nitrogens with two attached hydrogens (primary N) is 1. The van der Waals surface area contributed by atoms with E-state index in [1.807, 2.05) is 32.9 Å². The topological polar surface area (TPSA) is 55.1 Å². The highest BCUT2D eigenvalue weighted by Gasteiger charge is 2.23. The zero-order valence-corrected chi connectivity index (χ0v) is 13.0. The summed E-state index contributed by atoms with van der Waals surface area (Å²) in [6.07, 6.45) is 0. The van der Waals surface area contributed by atoms with Crippen molar-refractivity contribution in [2.24, 2.45) is 11.7 Å². The molecule has 106 valence electrons. The molecule has 0 saturated carbocycles. The van der Waals surface area contributed by atoms with Crippen molar-refractivity contribution in [1.82, 2.24) is 5.32 Å². The van der Waals surface area contributed by atoms with Crippen molar-refractivity contribution < 1.29 is 4.79 Å². The molecule has 0 bridgehead atoms. The van der Waals surface area contributed by atoms with Crippen LogP contribution in [0.5, 0.6) is 0 Å². The predicted octanol–water partition coefficient (Wildman–Crippen LogP) is 2.98. The second-order valence-corrected chi connectivity index (χ2v) is 6.18. The van der Waals surface area contributed by atoms with Gasteiger partial charge in [-0.1, -0.05) is 50.0 Å². The van der Waals surface area contributed by atoms with Crippen molar-refractivity contribution in [3.05, 3.63) is 33.8 Å². The quantitative estimate of drug-likeness (QED) is 0.878. The number of nitrogens with one attached hydrogen (secondary N) is 1. The van der Waals surface area contributed by atoms with Crippen LogP contribution in [0.15, 0.2) is 18.2 Å². The summed E-state index contributed by atoms with van der Waals surface area (Å²) in [6.45, 7) is 6.76. The molecule has 0 aliphatic rings. The maximum Gasteiger partial charge on any atom is 0.224 e. The molecule has 0 spiro atoms. The van der Waals surface area contributed by atoms with Gasteiger partial charge in [0, 0.05) is 24.4 Å². The van der Waals surface area contributed by atoms with E-state index in [0.29, 0.717) is 23.1 Å². The van der Waals surface area contributed by atoms with Gasteiger partial charge in [-0.3, -0.25) is 4.79 Å². The van der Waals surface area contributed by atoms with E-state index in [0.717, 1.165) is 5.56 Å². The second-order valence-electron chi connectivity index (χ2n) is 5.37. The highest BCUT2D eigenvalue weighted by Crippen LogP contribution is 2.29. The third-order valence-electron chi connectivity index (χ3n) is 3.21. The minimum atomic E-state index is -0.224. The summed E-state index contributed by atoms with van der Waals surface area (Å²) in [5.74, 6) is -0.208. The predicted molar refractivity (Wildman–Crippen MR) is 80.7 cm³/mol. The average Bonchev–Trinajstić information content (AvgIpc) is 2.38. The fraction of sp³-hybridized carbons (Fsp3) is 0.500. The van der Waals surface area contributed by atoms with Gasteiger partial charge in [0.1, 0.15) is 0 Å². The van der Waals surface area contributed by atoms with Gasteiger partial charge in [-0.15, -0.1) is 0 Å². The van der Waals surface area contributed by atoms with Crippen LogP contribution < -0.4 is 11.1 Å². The SMILES string of the molecule is CC(CN)C(=O)NCC(C)(C)c1ccc(Cl)c(Cl)c1. The average molecular weight is 303 g/mol. The number of carbonyl (C=O) groups is 1. The van der Waals surface area contributed by atoms with Crippen molar-refractivity contribution in [3.8, 4) is 0 Å². The number of rotatable bonds is 5. The van der Waals surface area contributed by atoms with Gasteiger partial charge in [0.05, 0.1) is 10.0 Å². The first-order valence-electron chi connectivity index (χ1n) is 6.21. The van der Waals surface area contributed by atoms with E-state index in [2.05, 4.69) is 5.32 Å². The van der Waals surface area contributed by atoms with E-state index < -0.39 is 0 Å². The normalized spacial score (nSPS) is 13.2. The minimum absolute atomic E-state index is 0.0318. The van der Waals surface area contributed by atoms with E-state index in [4.69, 9.17) is 28.9 Å². The molecule has 1 unspecified atom stereocenters. The van der Waals surface area contributed by atoms with Gasteiger partial charge in [-0.05, 0) is 17.7 Å². The zero-order chi connectivity index (χ0) is 14.6. The molecule has 1 atom stereocenters. The van der Waals surface area contributed by atoms with E-state index >= 15 is 0 Å². The summed E-state index contributed by atoms with van der Waals surface area (Å²) < 4.78 is 0. The summed E-state index contributed by atoms with van der Waals surface area (Å²) in [4.78, 5) is 11.7. The van der Waals surface area contributed by atoms with Gasteiger partial charge in [0.15, 0.2) is 0 Å². The van der Waals surface area contributed by atoms with Crippen LogP contribution in [0.4, 0.5) is 0 Å². The Labute approximate surface area is 124 Å². The molecule has 0 radical (unpaired) electrons. The van der Waals surface area contributed by atoms with Crippen LogP contribution in [-0.4, -0.2) is 19.0 Å². The molecule has 19 heavy (non-hydrogen) atoms. The maximum absolute atomic E-state index is 11.7. The Morgan fingerprint density at radius 1 is 1.37 bits per heavy atom. The van der Waals surface area contributed by atoms with Gasteiger partial charge in [0.2, 0.25) is 5.91 Å². The molecule has 0 saturated heterocycles. The molecule has 0 fully saturated rings. The lowest BCUT2D eigenvalue weighted by Crippen LogP contribution is -2.40. The molecule has 0 aliphatic heterocycles. The van der Waals surface area contributed by atoms with Crippen LogP contribution in [0.2, 0.25) is 10.0 Å². The first-order valence-corrected chi connectivity index (χ1v) is 6.97. The van der Waals surface area contributed by atoms with E-state index in [9.17, 15) is 4.79 Å². The monoisotopic (exact) mass is 302 g/mol. The highest BCUT2D eigenvalue weighted by molar-refractivity contribution is 6.42. The van der Waals surface area contributed by atoms with Gasteiger partial charge in [-0.2, -0.15) is 0 Å². The van der Waals surface area contributed by atoms with Crippen LogP contribution in [0.25, 0.3) is 0 Å². The Morgan fingerprint density at radius 2 is 2.00 bits per heavy atom. The van der Waals surface area contributed by atoms with Crippen molar-refractivity contribution in [3.63, 3.8) is 0 Å². The van der Waals surface area contributed by atoms with Gasteiger partial charge >= 0.3 is 0 Å². The van der Waals surface area contributed by atoms with Crippen LogP contribution in [0.3, 0.4) is 0 Å². The van der Waals surface area contributed by atoms with Crippen LogP contribution in [-0.2, 0) is 10.2 Å². The molecule has 1 aromatic rings. The molecule has 5 heteroatoms. The second kappa shape index (κ2) is 6.60. The Morgan fingerprint density at radius 3 is 2.53 bits per heavy atom. The van der Waals surface area contributed by atoms with E-state index in [-0.39, 0.29) is 17.2 Å². The smallest absolute Gasteiger partial charge is 0.224 e. The third-order valence-corrected chi connectivity index (χ3v) is 3.95. The molecular formula is C14H20Cl2N2O. The fourth-order valence-electron chi connectivity index (χ4n) is 1.61. The molecule has 3 N–H and O–H groups in total. The lowest BCUT2D eigenvalue weighted by molar-refractivity contribution is -0.124. The number of amides is 1.